The first kappa shape index (κ1) is 39.0. The largest absolute Gasteiger partial charge is 0.497 e. The third-order valence-corrected chi connectivity index (χ3v) is 11.9. The second-order valence-corrected chi connectivity index (χ2v) is 15.6. The standard InChI is InChI=1S/C20H26N2O2.C20H24N2O2.H2O4S/c2*1-3-13-12-22-9-7-14(13)10-19(22)20(23)16-6-8-21-18-5-4-15(24-2)11-17(16)18;1-5(2,3)4/h4-6,8,11,13-14,19-20,23H,3,7,9-10,12H2,1-2H3;3-6,8,11,13-14,19-20,23H,1,7,9-10,12H2,2H3;(H2,1,2,3,4)/t2*13-,14-,19+,20+;/m00./s1. The number of fused-ring (bicyclic) bond motifs is 8. The van der Waals surface area contributed by atoms with Gasteiger partial charge >= 0.3 is 10.4 Å². The highest BCUT2D eigenvalue weighted by Crippen LogP contribution is 2.44. The average molecular weight is 749 g/mol. The minimum atomic E-state index is -4.67. The molecule has 286 valence electrons. The van der Waals surface area contributed by atoms with E-state index in [2.05, 4.69) is 39.3 Å². The number of aliphatic hydroxyl groups is 2. The van der Waals surface area contributed by atoms with E-state index in [-0.39, 0.29) is 12.1 Å². The number of benzene rings is 2. The Morgan fingerprint density at radius 1 is 0.811 bits per heavy atom. The summed E-state index contributed by atoms with van der Waals surface area (Å²) < 4.78 is 42.3. The lowest BCUT2D eigenvalue weighted by Gasteiger charge is -2.51. The predicted molar refractivity (Wildman–Crippen MR) is 204 cm³/mol. The van der Waals surface area contributed by atoms with Crippen LogP contribution in [-0.4, -0.2) is 100.0 Å². The topological polar surface area (TPSA) is 166 Å². The third kappa shape index (κ3) is 8.83. The fourth-order valence-electron chi connectivity index (χ4n) is 9.15. The Morgan fingerprint density at radius 3 is 1.68 bits per heavy atom. The highest BCUT2D eigenvalue weighted by molar-refractivity contribution is 7.79. The van der Waals surface area contributed by atoms with Gasteiger partial charge in [0.1, 0.15) is 11.5 Å². The van der Waals surface area contributed by atoms with Crippen molar-refractivity contribution in [1.29, 1.82) is 0 Å². The second-order valence-electron chi connectivity index (χ2n) is 14.7. The zero-order valence-electron chi connectivity index (χ0n) is 30.7. The molecule has 4 aromatic rings. The molecule has 4 bridgehead atoms. The van der Waals surface area contributed by atoms with Crippen LogP contribution < -0.4 is 9.47 Å². The smallest absolute Gasteiger partial charge is 0.394 e. The van der Waals surface area contributed by atoms with Crippen LogP contribution in [0.4, 0.5) is 0 Å². The van der Waals surface area contributed by atoms with E-state index in [9.17, 15) is 10.2 Å². The van der Waals surface area contributed by atoms with Crippen LogP contribution in [0.1, 0.15) is 62.4 Å². The lowest BCUT2D eigenvalue weighted by Crippen LogP contribution is -2.55. The van der Waals surface area contributed by atoms with Crippen molar-refractivity contribution in [3.05, 3.63) is 84.7 Å². The van der Waals surface area contributed by atoms with Crippen molar-refractivity contribution >= 4 is 32.2 Å². The maximum absolute atomic E-state index is 11.2. The molecule has 6 aliphatic heterocycles. The molecule has 8 heterocycles. The van der Waals surface area contributed by atoms with Gasteiger partial charge in [0.15, 0.2) is 0 Å². The molecule has 0 radical (unpaired) electrons. The van der Waals surface area contributed by atoms with Gasteiger partial charge in [0, 0.05) is 48.3 Å². The van der Waals surface area contributed by atoms with Gasteiger partial charge < -0.3 is 19.7 Å². The molecule has 6 aliphatic rings. The first-order valence-corrected chi connectivity index (χ1v) is 19.8. The zero-order chi connectivity index (χ0) is 37.9. The normalized spacial score (nSPS) is 28.6. The number of ether oxygens (including phenoxy) is 2. The fourth-order valence-corrected chi connectivity index (χ4v) is 9.15. The van der Waals surface area contributed by atoms with Crippen molar-refractivity contribution in [3.8, 4) is 11.5 Å². The van der Waals surface area contributed by atoms with Crippen LogP contribution in [-0.2, 0) is 10.4 Å². The van der Waals surface area contributed by atoms with E-state index in [0.29, 0.717) is 11.8 Å². The Hall–Kier alpha value is -3.69. The molecule has 10 atom stereocenters. The van der Waals surface area contributed by atoms with Gasteiger partial charge in [0.2, 0.25) is 0 Å². The number of pyridine rings is 2. The molecule has 6 fully saturated rings. The van der Waals surface area contributed by atoms with Crippen LogP contribution in [0.2, 0.25) is 0 Å². The van der Waals surface area contributed by atoms with Crippen molar-refractivity contribution in [1.82, 2.24) is 19.8 Å². The minimum absolute atomic E-state index is 0.178. The van der Waals surface area contributed by atoms with Gasteiger partial charge in [-0.3, -0.25) is 28.9 Å². The number of aromatic nitrogens is 2. The first-order valence-electron chi connectivity index (χ1n) is 18.4. The number of aliphatic hydroxyl groups excluding tert-OH is 2. The number of hydrogen-bond acceptors (Lipinski definition) is 10. The zero-order valence-corrected chi connectivity index (χ0v) is 31.5. The molecule has 12 nitrogen and oxygen atoms in total. The summed E-state index contributed by atoms with van der Waals surface area (Å²) in [6.45, 7) is 10.6. The van der Waals surface area contributed by atoms with E-state index in [4.69, 9.17) is 27.0 Å². The average Bonchev–Trinajstić information content (AvgIpc) is 3.19. The quantitative estimate of drug-likeness (QED) is 0.124. The molecule has 0 saturated carbocycles. The van der Waals surface area contributed by atoms with Gasteiger partial charge in [-0.1, -0.05) is 19.4 Å². The highest BCUT2D eigenvalue weighted by Gasteiger charge is 2.43. The van der Waals surface area contributed by atoms with Crippen LogP contribution in [0.3, 0.4) is 0 Å². The molecule has 10 rings (SSSR count). The van der Waals surface area contributed by atoms with Crippen LogP contribution in [0.5, 0.6) is 11.5 Å². The Kier molecular flexibility index (Phi) is 12.3. The summed E-state index contributed by atoms with van der Waals surface area (Å²) in [5, 5.41) is 24.3. The maximum atomic E-state index is 11.2. The molecule has 0 spiro atoms. The molecule has 53 heavy (non-hydrogen) atoms. The molecule has 6 saturated heterocycles. The van der Waals surface area contributed by atoms with Gasteiger partial charge in [-0.2, -0.15) is 8.42 Å². The lowest BCUT2D eigenvalue weighted by atomic mass is 9.72. The van der Waals surface area contributed by atoms with E-state index in [1.165, 1.54) is 19.3 Å². The summed E-state index contributed by atoms with van der Waals surface area (Å²) in [7, 11) is -1.33. The molecule has 2 aromatic heterocycles. The summed E-state index contributed by atoms with van der Waals surface area (Å²) in [4.78, 5) is 13.8. The maximum Gasteiger partial charge on any atom is 0.394 e. The minimum Gasteiger partial charge on any atom is -0.497 e. The van der Waals surface area contributed by atoms with Crippen LogP contribution in [0, 0.1) is 23.7 Å². The van der Waals surface area contributed by atoms with E-state index < -0.39 is 22.6 Å². The summed E-state index contributed by atoms with van der Waals surface area (Å²) >= 11 is 0. The van der Waals surface area contributed by atoms with Crippen molar-refractivity contribution in [3.63, 3.8) is 0 Å². The summed E-state index contributed by atoms with van der Waals surface area (Å²) in [5.41, 5.74) is 3.73. The van der Waals surface area contributed by atoms with E-state index in [1.54, 1.807) is 26.6 Å². The van der Waals surface area contributed by atoms with Crippen molar-refractivity contribution in [2.45, 2.75) is 63.3 Å². The number of methoxy groups -OCH3 is 2. The third-order valence-electron chi connectivity index (χ3n) is 11.9. The number of rotatable bonds is 8. The number of hydrogen-bond donors (Lipinski definition) is 4. The van der Waals surface area contributed by atoms with Crippen LogP contribution in [0.25, 0.3) is 21.8 Å². The van der Waals surface area contributed by atoms with Crippen molar-refractivity contribution in [2.75, 3.05) is 40.4 Å². The monoisotopic (exact) mass is 748 g/mol. The Bertz CT molecular complexity index is 1990. The summed E-state index contributed by atoms with van der Waals surface area (Å²) in [5.74, 6) is 4.38. The molecular weight excluding hydrogens is 697 g/mol. The van der Waals surface area contributed by atoms with Crippen molar-refractivity contribution < 1.29 is 37.2 Å². The molecule has 0 amide bonds. The predicted octanol–water partition coefficient (Wildman–Crippen LogP) is 5.92. The fraction of sp³-hybridized carbons (Fsp3) is 0.500. The molecule has 4 N–H and O–H groups in total. The van der Waals surface area contributed by atoms with Gasteiger partial charge in [0.25, 0.3) is 0 Å². The Balaban J connectivity index is 0.000000161. The van der Waals surface area contributed by atoms with E-state index in [1.807, 2.05) is 48.5 Å². The van der Waals surface area contributed by atoms with E-state index >= 15 is 0 Å². The molecule has 2 unspecified atom stereocenters. The van der Waals surface area contributed by atoms with E-state index in [0.717, 1.165) is 95.3 Å². The van der Waals surface area contributed by atoms with Gasteiger partial charge in [0.05, 0.1) is 37.5 Å². The Morgan fingerprint density at radius 2 is 1.28 bits per heavy atom. The lowest BCUT2D eigenvalue weighted by molar-refractivity contribution is -0.0562. The molecular formula is C40H52N4O8S. The summed E-state index contributed by atoms with van der Waals surface area (Å²) in [6.07, 6.45) is 10.6. The molecule has 13 heteroatoms. The summed E-state index contributed by atoms with van der Waals surface area (Å²) in [6, 6.07) is 16.0. The van der Waals surface area contributed by atoms with Gasteiger partial charge in [-0.05, 0) is 122 Å². The molecule has 2 aromatic carbocycles. The highest BCUT2D eigenvalue weighted by atomic mass is 32.3. The SMILES string of the molecule is C=C[C@H]1CN2CC[C@H]1C[C@@H]2[C@H](O)c1ccnc2ccc(OC)cc12.CC[C@H]1CN2CC[C@H]1C[C@@H]2[C@H](O)c1ccnc2ccc(OC)cc12.O=S(=O)(O)O. The number of nitrogens with zero attached hydrogens (tertiary/aromatic N) is 4. The van der Waals surface area contributed by atoms with Crippen LogP contribution in [0.15, 0.2) is 73.6 Å². The van der Waals surface area contributed by atoms with Crippen molar-refractivity contribution in [2.24, 2.45) is 23.7 Å². The van der Waals surface area contributed by atoms with Gasteiger partial charge in [-0.15, -0.1) is 6.58 Å². The molecule has 0 aliphatic carbocycles. The number of piperidine rings is 6. The van der Waals surface area contributed by atoms with Gasteiger partial charge in [-0.25, -0.2) is 0 Å². The van der Waals surface area contributed by atoms with Crippen LogP contribution >= 0.6 is 0 Å². The Labute approximate surface area is 312 Å². The first-order chi connectivity index (χ1) is 25.4. The second kappa shape index (κ2) is 16.8.